The minimum absolute atomic E-state index is 0.00627. The Kier molecular flexibility index (Phi) is 6.35. The maximum atomic E-state index is 13.1. The van der Waals surface area contributed by atoms with Crippen molar-refractivity contribution in [3.8, 4) is 11.1 Å². The summed E-state index contributed by atoms with van der Waals surface area (Å²) in [6.07, 6.45) is 4.96. The highest BCUT2D eigenvalue weighted by Crippen LogP contribution is 2.38. The molecule has 0 radical (unpaired) electrons. The number of hydrogen-bond acceptors (Lipinski definition) is 3. The summed E-state index contributed by atoms with van der Waals surface area (Å²) in [5.41, 5.74) is 4.86. The standard InChI is InChI=1S/C27H29N3O2/c1-20-7-5-10-22(15-20)24-11-4-3-9-23(24)17-27(26(32)28-2)12-14-30(19-27)25(31)16-21-8-6-13-29-18-21/h3-11,13,15,18H,12,14,16-17,19H2,1-2H3,(H,28,32)/t27-/m0/s1. The molecule has 32 heavy (non-hydrogen) atoms. The van der Waals surface area contributed by atoms with E-state index in [9.17, 15) is 9.59 Å². The smallest absolute Gasteiger partial charge is 0.228 e. The number of aromatic nitrogens is 1. The van der Waals surface area contributed by atoms with Crippen LogP contribution in [0.4, 0.5) is 0 Å². The van der Waals surface area contributed by atoms with E-state index in [1.54, 1.807) is 19.4 Å². The number of amides is 2. The topological polar surface area (TPSA) is 62.3 Å². The van der Waals surface area contributed by atoms with Gasteiger partial charge in [-0.15, -0.1) is 0 Å². The minimum Gasteiger partial charge on any atom is -0.359 e. The van der Waals surface area contributed by atoms with Gasteiger partial charge in [-0.2, -0.15) is 0 Å². The Balaban J connectivity index is 1.59. The maximum absolute atomic E-state index is 13.1. The van der Waals surface area contributed by atoms with E-state index in [0.29, 0.717) is 32.4 Å². The van der Waals surface area contributed by atoms with Crippen molar-refractivity contribution >= 4 is 11.8 Å². The predicted octanol–water partition coefficient (Wildman–Crippen LogP) is 3.81. The Morgan fingerprint density at radius 2 is 1.94 bits per heavy atom. The zero-order valence-electron chi connectivity index (χ0n) is 18.7. The molecule has 1 aliphatic rings. The fourth-order valence-corrected chi connectivity index (χ4v) is 4.68. The van der Waals surface area contributed by atoms with Crippen molar-refractivity contribution in [3.05, 3.63) is 89.7 Å². The van der Waals surface area contributed by atoms with Gasteiger partial charge in [-0.05, 0) is 48.1 Å². The van der Waals surface area contributed by atoms with Gasteiger partial charge in [0, 0.05) is 32.5 Å². The first-order valence-corrected chi connectivity index (χ1v) is 11.0. The van der Waals surface area contributed by atoms with Crippen LogP contribution in [0, 0.1) is 12.3 Å². The molecule has 1 N–H and O–H groups in total. The molecular formula is C27H29N3O2. The Morgan fingerprint density at radius 1 is 1.09 bits per heavy atom. The number of benzene rings is 2. The zero-order valence-corrected chi connectivity index (χ0v) is 18.7. The third-order valence-corrected chi connectivity index (χ3v) is 6.37. The molecule has 164 valence electrons. The molecule has 5 heteroatoms. The highest BCUT2D eigenvalue weighted by molar-refractivity contribution is 5.86. The molecule has 3 aromatic rings. The van der Waals surface area contributed by atoms with Crippen LogP contribution in [0.15, 0.2) is 73.1 Å². The van der Waals surface area contributed by atoms with Gasteiger partial charge in [0.1, 0.15) is 0 Å². The Hall–Kier alpha value is -3.47. The SMILES string of the molecule is CNC(=O)[C@]1(Cc2ccccc2-c2cccc(C)c2)CCN(C(=O)Cc2cccnc2)C1. The molecule has 2 heterocycles. The van der Waals surface area contributed by atoms with Gasteiger partial charge in [-0.25, -0.2) is 0 Å². The van der Waals surface area contributed by atoms with Gasteiger partial charge in [0.15, 0.2) is 0 Å². The molecule has 0 saturated carbocycles. The highest BCUT2D eigenvalue weighted by Gasteiger charge is 2.45. The van der Waals surface area contributed by atoms with Crippen molar-refractivity contribution in [3.63, 3.8) is 0 Å². The average molecular weight is 428 g/mol. The minimum atomic E-state index is -0.640. The Bertz CT molecular complexity index is 1110. The van der Waals surface area contributed by atoms with Crippen molar-refractivity contribution in [1.29, 1.82) is 0 Å². The quantitative estimate of drug-likeness (QED) is 0.651. The molecule has 5 nitrogen and oxygen atoms in total. The van der Waals surface area contributed by atoms with Crippen molar-refractivity contribution in [1.82, 2.24) is 15.2 Å². The van der Waals surface area contributed by atoms with E-state index in [1.807, 2.05) is 29.2 Å². The lowest BCUT2D eigenvalue weighted by Gasteiger charge is -2.29. The van der Waals surface area contributed by atoms with E-state index in [0.717, 1.165) is 22.3 Å². The zero-order chi connectivity index (χ0) is 22.6. The summed E-state index contributed by atoms with van der Waals surface area (Å²) in [5.74, 6) is 0.0315. The van der Waals surface area contributed by atoms with Gasteiger partial charge in [-0.3, -0.25) is 14.6 Å². The van der Waals surface area contributed by atoms with Gasteiger partial charge < -0.3 is 10.2 Å². The Labute approximate surface area is 189 Å². The van der Waals surface area contributed by atoms with Crippen molar-refractivity contribution in [2.45, 2.75) is 26.2 Å². The number of nitrogens with zero attached hydrogens (tertiary/aromatic N) is 2. The van der Waals surface area contributed by atoms with Crippen molar-refractivity contribution < 1.29 is 9.59 Å². The fraction of sp³-hybridized carbons (Fsp3) is 0.296. The fourth-order valence-electron chi connectivity index (χ4n) is 4.68. The number of rotatable bonds is 6. The lowest BCUT2D eigenvalue weighted by Crippen LogP contribution is -2.44. The molecule has 1 fully saturated rings. The molecule has 1 saturated heterocycles. The molecule has 2 amide bonds. The number of carbonyl (C=O) groups excluding carboxylic acids is 2. The number of likely N-dealkylation sites (tertiary alicyclic amines) is 1. The van der Waals surface area contributed by atoms with Gasteiger partial charge in [-0.1, -0.05) is 60.2 Å². The van der Waals surface area contributed by atoms with Crippen LogP contribution < -0.4 is 5.32 Å². The number of hydrogen-bond donors (Lipinski definition) is 1. The summed E-state index contributed by atoms with van der Waals surface area (Å²) >= 11 is 0. The van der Waals surface area contributed by atoms with Crippen LogP contribution in [0.2, 0.25) is 0 Å². The van der Waals surface area contributed by atoms with Gasteiger partial charge in [0.2, 0.25) is 11.8 Å². The first-order chi connectivity index (χ1) is 15.5. The van der Waals surface area contributed by atoms with E-state index < -0.39 is 5.41 Å². The number of nitrogens with one attached hydrogen (secondary N) is 1. The van der Waals surface area contributed by atoms with Gasteiger partial charge in [0.25, 0.3) is 0 Å². The largest absolute Gasteiger partial charge is 0.359 e. The lowest BCUT2D eigenvalue weighted by molar-refractivity contribution is -0.132. The first-order valence-electron chi connectivity index (χ1n) is 11.0. The van der Waals surface area contributed by atoms with Crippen molar-refractivity contribution in [2.75, 3.05) is 20.1 Å². The summed E-state index contributed by atoms with van der Waals surface area (Å²) in [6, 6.07) is 20.4. The van der Waals surface area contributed by atoms with Crippen LogP contribution in [0.1, 0.15) is 23.1 Å². The molecule has 2 aromatic carbocycles. The van der Waals surface area contributed by atoms with Crippen LogP contribution in [0.5, 0.6) is 0 Å². The summed E-state index contributed by atoms with van der Waals surface area (Å²) in [4.78, 5) is 32.0. The molecule has 0 bridgehead atoms. The summed E-state index contributed by atoms with van der Waals surface area (Å²) < 4.78 is 0. The van der Waals surface area contributed by atoms with Crippen LogP contribution in [-0.2, 0) is 22.4 Å². The molecule has 0 unspecified atom stereocenters. The van der Waals surface area contributed by atoms with E-state index in [4.69, 9.17) is 0 Å². The van der Waals surface area contributed by atoms with E-state index in [-0.39, 0.29) is 11.8 Å². The number of carbonyl (C=O) groups is 2. The molecular weight excluding hydrogens is 398 g/mol. The second-order valence-electron chi connectivity index (χ2n) is 8.67. The third kappa shape index (κ3) is 4.57. The lowest BCUT2D eigenvalue weighted by atomic mass is 9.78. The second-order valence-corrected chi connectivity index (χ2v) is 8.67. The van der Waals surface area contributed by atoms with Gasteiger partial charge >= 0.3 is 0 Å². The summed E-state index contributed by atoms with van der Waals surface area (Å²) in [5, 5.41) is 2.86. The van der Waals surface area contributed by atoms with Crippen LogP contribution in [0.3, 0.4) is 0 Å². The molecule has 1 atom stereocenters. The first kappa shape index (κ1) is 21.8. The highest BCUT2D eigenvalue weighted by atomic mass is 16.2. The molecule has 1 aliphatic heterocycles. The van der Waals surface area contributed by atoms with Crippen LogP contribution in [0.25, 0.3) is 11.1 Å². The van der Waals surface area contributed by atoms with Crippen LogP contribution in [-0.4, -0.2) is 41.8 Å². The summed E-state index contributed by atoms with van der Waals surface area (Å²) in [6.45, 7) is 3.09. The molecule has 4 rings (SSSR count). The third-order valence-electron chi connectivity index (χ3n) is 6.37. The normalized spacial score (nSPS) is 17.9. The van der Waals surface area contributed by atoms with E-state index in [1.165, 1.54) is 5.56 Å². The Morgan fingerprint density at radius 3 is 2.69 bits per heavy atom. The predicted molar refractivity (Wildman–Crippen MR) is 126 cm³/mol. The van der Waals surface area contributed by atoms with Gasteiger partial charge in [0.05, 0.1) is 11.8 Å². The number of pyridine rings is 1. The molecule has 1 aromatic heterocycles. The van der Waals surface area contributed by atoms with Crippen molar-refractivity contribution in [2.24, 2.45) is 5.41 Å². The molecule has 0 aliphatic carbocycles. The van der Waals surface area contributed by atoms with Crippen LogP contribution >= 0.6 is 0 Å². The monoisotopic (exact) mass is 427 g/mol. The van der Waals surface area contributed by atoms with E-state index in [2.05, 4.69) is 53.6 Å². The second kappa shape index (κ2) is 9.35. The summed E-state index contributed by atoms with van der Waals surface area (Å²) in [7, 11) is 1.68. The van der Waals surface area contributed by atoms with E-state index >= 15 is 0 Å². The maximum Gasteiger partial charge on any atom is 0.228 e. The average Bonchev–Trinajstić information content (AvgIpc) is 3.25. The number of aryl methyl sites for hydroxylation is 1. The molecule has 0 spiro atoms.